The van der Waals surface area contributed by atoms with E-state index in [1.165, 1.54) is 29.1 Å². The molecule has 2 aromatic rings. The average molecular weight is 268 g/mol. The van der Waals surface area contributed by atoms with Crippen molar-refractivity contribution in [3.05, 3.63) is 40.6 Å². The summed E-state index contributed by atoms with van der Waals surface area (Å²) in [6.45, 7) is 1.61. The lowest BCUT2D eigenvalue weighted by atomic mass is 10.4. The van der Waals surface area contributed by atoms with Gasteiger partial charge in [-0.1, -0.05) is 0 Å². The van der Waals surface area contributed by atoms with Gasteiger partial charge in [0.2, 0.25) is 5.56 Å². The van der Waals surface area contributed by atoms with Crippen LogP contribution in [0.5, 0.6) is 0 Å². The maximum Gasteiger partial charge on any atom is 0.265 e. The Morgan fingerprint density at radius 3 is 2.67 bits per heavy atom. The van der Waals surface area contributed by atoms with Gasteiger partial charge in [-0.25, -0.2) is 8.42 Å². The number of hydrogen-bond donors (Lipinski definition) is 2. The predicted molar refractivity (Wildman–Crippen MR) is 65.8 cm³/mol. The molecule has 2 aromatic heterocycles. The first-order chi connectivity index (χ1) is 8.40. The molecular weight excluding hydrogens is 256 g/mol. The molecule has 2 rings (SSSR count). The number of H-pyrrole nitrogens is 1. The summed E-state index contributed by atoms with van der Waals surface area (Å²) < 4.78 is 27.7. The van der Waals surface area contributed by atoms with Gasteiger partial charge in [0.15, 0.2) is 0 Å². The third-order valence-corrected chi connectivity index (χ3v) is 3.91. The van der Waals surface area contributed by atoms with Crippen LogP contribution in [0.1, 0.15) is 5.69 Å². The Bertz CT molecular complexity index is 730. The Labute approximate surface area is 104 Å². The van der Waals surface area contributed by atoms with Crippen molar-refractivity contribution in [2.24, 2.45) is 7.05 Å². The Morgan fingerprint density at radius 1 is 1.39 bits per heavy atom. The first-order valence-electron chi connectivity index (χ1n) is 5.09. The Hall–Kier alpha value is -2.09. The van der Waals surface area contributed by atoms with Crippen LogP contribution in [0, 0.1) is 6.92 Å². The summed E-state index contributed by atoms with van der Waals surface area (Å²) >= 11 is 0. The van der Waals surface area contributed by atoms with Crippen LogP contribution in [0.15, 0.2) is 34.2 Å². The fraction of sp³-hybridized carbons (Fsp3) is 0.200. The third-order valence-electron chi connectivity index (χ3n) is 2.41. The normalized spacial score (nSPS) is 11.4. The molecule has 0 atom stereocenters. The molecule has 0 radical (unpaired) electrons. The van der Waals surface area contributed by atoms with E-state index in [4.69, 9.17) is 0 Å². The van der Waals surface area contributed by atoms with Crippen molar-refractivity contribution in [1.29, 1.82) is 0 Å². The standard InChI is InChI=1S/C10H12N4O3S/c1-7-9(5-11-12-7)18(16,17)13-8-3-4-10(15)14(2)6-8/h3-6,13H,1-2H3,(H,11,12). The largest absolute Gasteiger partial charge is 0.316 e. The molecule has 0 unspecified atom stereocenters. The highest BCUT2D eigenvalue weighted by Crippen LogP contribution is 2.16. The zero-order valence-electron chi connectivity index (χ0n) is 9.84. The van der Waals surface area contributed by atoms with Crippen LogP contribution in [0.4, 0.5) is 5.69 Å². The van der Waals surface area contributed by atoms with E-state index in [0.29, 0.717) is 11.4 Å². The van der Waals surface area contributed by atoms with Crippen LogP contribution < -0.4 is 10.3 Å². The minimum atomic E-state index is -3.69. The molecule has 0 aliphatic carbocycles. The lowest BCUT2D eigenvalue weighted by Gasteiger charge is -2.07. The number of aryl methyl sites for hydroxylation is 2. The van der Waals surface area contributed by atoms with Gasteiger partial charge in [0, 0.05) is 19.3 Å². The number of hydrogen-bond acceptors (Lipinski definition) is 4. The molecule has 18 heavy (non-hydrogen) atoms. The van der Waals surface area contributed by atoms with E-state index in [2.05, 4.69) is 14.9 Å². The van der Waals surface area contributed by atoms with Gasteiger partial charge < -0.3 is 4.57 Å². The van der Waals surface area contributed by atoms with Gasteiger partial charge in [0.1, 0.15) is 4.90 Å². The molecule has 0 spiro atoms. The van der Waals surface area contributed by atoms with E-state index in [9.17, 15) is 13.2 Å². The van der Waals surface area contributed by atoms with Crippen LogP contribution in [0.2, 0.25) is 0 Å². The molecule has 8 heteroatoms. The summed E-state index contributed by atoms with van der Waals surface area (Å²) in [4.78, 5) is 11.3. The fourth-order valence-corrected chi connectivity index (χ4v) is 2.66. The molecule has 0 amide bonds. The Balaban J connectivity index is 2.37. The Kier molecular flexibility index (Phi) is 2.95. The molecule has 0 bridgehead atoms. The van der Waals surface area contributed by atoms with Crippen molar-refractivity contribution in [2.75, 3.05) is 4.72 Å². The summed E-state index contributed by atoms with van der Waals surface area (Å²) in [5.74, 6) is 0. The highest BCUT2D eigenvalue weighted by molar-refractivity contribution is 7.92. The molecule has 0 saturated heterocycles. The van der Waals surface area contributed by atoms with Crippen LogP contribution in [0.3, 0.4) is 0 Å². The zero-order valence-corrected chi connectivity index (χ0v) is 10.7. The monoisotopic (exact) mass is 268 g/mol. The van der Waals surface area contributed by atoms with E-state index in [-0.39, 0.29) is 10.5 Å². The second-order valence-electron chi connectivity index (χ2n) is 3.83. The molecule has 0 aliphatic heterocycles. The number of aromatic nitrogens is 3. The second kappa shape index (κ2) is 4.30. The summed E-state index contributed by atoms with van der Waals surface area (Å²) in [5.41, 5.74) is 0.558. The van der Waals surface area contributed by atoms with E-state index in [0.717, 1.165) is 0 Å². The number of rotatable bonds is 3. The average Bonchev–Trinajstić information content (AvgIpc) is 2.70. The lowest BCUT2D eigenvalue weighted by molar-refractivity contribution is 0.600. The smallest absolute Gasteiger partial charge is 0.265 e. The van der Waals surface area contributed by atoms with E-state index >= 15 is 0 Å². The predicted octanol–water partition coefficient (Wildman–Crippen LogP) is 0.218. The SMILES string of the molecule is Cc1[nH]ncc1S(=O)(=O)Nc1ccc(=O)n(C)c1. The number of nitrogens with zero attached hydrogens (tertiary/aromatic N) is 2. The van der Waals surface area contributed by atoms with Crippen molar-refractivity contribution in [2.45, 2.75) is 11.8 Å². The van der Waals surface area contributed by atoms with E-state index in [1.54, 1.807) is 14.0 Å². The number of aromatic amines is 1. The van der Waals surface area contributed by atoms with Gasteiger partial charge >= 0.3 is 0 Å². The summed E-state index contributed by atoms with van der Waals surface area (Å²) in [6, 6.07) is 2.70. The van der Waals surface area contributed by atoms with Crippen molar-refractivity contribution < 1.29 is 8.42 Å². The van der Waals surface area contributed by atoms with Gasteiger partial charge in [-0.15, -0.1) is 0 Å². The second-order valence-corrected chi connectivity index (χ2v) is 5.48. The lowest BCUT2D eigenvalue weighted by Crippen LogP contribution is -2.18. The molecule has 0 saturated carbocycles. The molecule has 2 N–H and O–H groups in total. The molecule has 0 fully saturated rings. The van der Waals surface area contributed by atoms with Crippen molar-refractivity contribution in [3.8, 4) is 0 Å². The minimum absolute atomic E-state index is 0.0800. The van der Waals surface area contributed by atoms with Gasteiger partial charge in [0.05, 0.1) is 17.6 Å². The van der Waals surface area contributed by atoms with E-state index in [1.807, 2.05) is 0 Å². The highest BCUT2D eigenvalue weighted by atomic mass is 32.2. The first-order valence-corrected chi connectivity index (χ1v) is 6.58. The van der Waals surface area contributed by atoms with Gasteiger partial charge in [-0.3, -0.25) is 14.6 Å². The third kappa shape index (κ3) is 2.28. The maximum absolute atomic E-state index is 12.0. The molecule has 0 aromatic carbocycles. The van der Waals surface area contributed by atoms with Crippen LogP contribution in [-0.4, -0.2) is 23.2 Å². The number of anilines is 1. The van der Waals surface area contributed by atoms with Crippen molar-refractivity contribution >= 4 is 15.7 Å². The molecule has 7 nitrogen and oxygen atoms in total. The first kappa shape index (κ1) is 12.4. The molecule has 2 heterocycles. The number of nitrogens with one attached hydrogen (secondary N) is 2. The van der Waals surface area contributed by atoms with Gasteiger partial charge in [-0.2, -0.15) is 5.10 Å². The fourth-order valence-electron chi connectivity index (χ4n) is 1.47. The van der Waals surface area contributed by atoms with Crippen LogP contribution >= 0.6 is 0 Å². The summed E-state index contributed by atoms with van der Waals surface area (Å²) in [7, 11) is -2.14. The van der Waals surface area contributed by atoms with Gasteiger partial charge in [-0.05, 0) is 13.0 Å². The maximum atomic E-state index is 12.0. The van der Waals surface area contributed by atoms with Crippen molar-refractivity contribution in [3.63, 3.8) is 0 Å². The van der Waals surface area contributed by atoms with Crippen LogP contribution in [0.25, 0.3) is 0 Å². The van der Waals surface area contributed by atoms with E-state index < -0.39 is 10.0 Å². The van der Waals surface area contributed by atoms with Crippen molar-refractivity contribution in [1.82, 2.24) is 14.8 Å². The van der Waals surface area contributed by atoms with Gasteiger partial charge in [0.25, 0.3) is 10.0 Å². The number of sulfonamides is 1. The summed E-state index contributed by atoms with van der Waals surface area (Å²) in [6.07, 6.45) is 2.65. The molecule has 96 valence electrons. The highest BCUT2D eigenvalue weighted by Gasteiger charge is 2.18. The zero-order chi connectivity index (χ0) is 13.3. The molecular formula is C10H12N4O3S. The topological polar surface area (TPSA) is 96.8 Å². The summed E-state index contributed by atoms with van der Waals surface area (Å²) in [5, 5.41) is 6.22. The molecule has 0 aliphatic rings. The minimum Gasteiger partial charge on any atom is -0.316 e. The number of pyridine rings is 1. The Morgan fingerprint density at radius 2 is 2.11 bits per heavy atom. The quantitative estimate of drug-likeness (QED) is 0.832. The van der Waals surface area contributed by atoms with Crippen LogP contribution in [-0.2, 0) is 17.1 Å².